The van der Waals surface area contributed by atoms with E-state index in [0.717, 1.165) is 32.3 Å². The Hall–Kier alpha value is -3.46. The topological polar surface area (TPSA) is 70.7 Å². The molecule has 0 saturated carbocycles. The maximum atomic E-state index is 15.1. The van der Waals surface area contributed by atoms with Crippen molar-refractivity contribution in [2.24, 2.45) is 15.9 Å². The first-order chi connectivity index (χ1) is 19.3. The van der Waals surface area contributed by atoms with Gasteiger partial charge in [0.25, 0.3) is 0 Å². The van der Waals surface area contributed by atoms with Gasteiger partial charge in [-0.1, -0.05) is 19.9 Å². The fourth-order valence-electron chi connectivity index (χ4n) is 5.94. The van der Waals surface area contributed by atoms with Gasteiger partial charge in [-0.25, -0.2) is 18.7 Å². The fourth-order valence-corrected chi connectivity index (χ4v) is 5.94. The normalized spacial score (nSPS) is 16.6. The average Bonchev–Trinajstić information content (AvgIpc) is 3.29. The number of likely N-dealkylation sites (tertiary alicyclic amines) is 1. The molecule has 0 spiro atoms. The number of hydrogen-bond donors (Lipinski definition) is 1. The highest BCUT2D eigenvalue weighted by Crippen LogP contribution is 2.35. The van der Waals surface area contributed by atoms with E-state index in [1.165, 1.54) is 24.5 Å². The monoisotopic (exact) mass is 549 g/mol. The van der Waals surface area contributed by atoms with Gasteiger partial charge in [-0.3, -0.25) is 9.98 Å². The third kappa shape index (κ3) is 6.46. The zero-order valence-electron chi connectivity index (χ0n) is 24.3. The molecule has 0 amide bonds. The van der Waals surface area contributed by atoms with Gasteiger partial charge in [0.05, 0.1) is 11.7 Å². The van der Waals surface area contributed by atoms with Gasteiger partial charge in [-0.2, -0.15) is 0 Å². The van der Waals surface area contributed by atoms with Gasteiger partial charge in [-0.05, 0) is 102 Å². The lowest BCUT2D eigenvalue weighted by atomic mass is 9.79. The van der Waals surface area contributed by atoms with Crippen LogP contribution in [0.5, 0.6) is 0 Å². The standard InChI is InChI=1S/C31H41F2N7/c1-7-25(22-11-13-39(8-2)14-12-22)23-9-10-29(35-17-23)36-19-37-30(27(33)18-34-6)24-15-26(32)31-28(16-24)40(20(3)4)21(5)38-31/h9-10,15-18,20,22,25H,6-8,11-14,19H2,1-5H3,(H,35,36)/b27-18+,37-30?/t25-/m1/s1. The molecule has 0 aliphatic carbocycles. The van der Waals surface area contributed by atoms with Gasteiger partial charge >= 0.3 is 0 Å². The second-order valence-corrected chi connectivity index (χ2v) is 10.7. The molecule has 1 fully saturated rings. The molecule has 1 atom stereocenters. The van der Waals surface area contributed by atoms with Crippen LogP contribution in [0, 0.1) is 18.7 Å². The van der Waals surface area contributed by atoms with Crippen molar-refractivity contribution in [1.82, 2.24) is 19.4 Å². The molecule has 214 valence electrons. The summed E-state index contributed by atoms with van der Waals surface area (Å²) in [5.41, 5.74) is 2.37. The van der Waals surface area contributed by atoms with Crippen LogP contribution in [0.1, 0.15) is 75.9 Å². The number of halogens is 2. The molecule has 7 nitrogen and oxygen atoms in total. The SMILES string of the molecule is C=N/C=C(/F)C(=NCNc1ccc([C@H](CC)C2CCN(CC)CC2)cn1)c1cc(F)c2nc(C)n(C(C)C)c2c1. The highest BCUT2D eigenvalue weighted by molar-refractivity contribution is 6.12. The summed E-state index contributed by atoms with van der Waals surface area (Å²) in [6.07, 6.45) is 6.43. The van der Waals surface area contributed by atoms with Gasteiger partial charge in [0, 0.05) is 17.8 Å². The van der Waals surface area contributed by atoms with Crippen molar-refractivity contribution in [1.29, 1.82) is 0 Å². The second kappa shape index (κ2) is 13.3. The molecule has 3 heterocycles. The van der Waals surface area contributed by atoms with Gasteiger partial charge in [0.2, 0.25) is 0 Å². The Kier molecular flexibility index (Phi) is 9.79. The van der Waals surface area contributed by atoms with Crippen molar-refractivity contribution in [3.05, 3.63) is 65.3 Å². The Labute approximate surface area is 236 Å². The lowest BCUT2D eigenvalue weighted by molar-refractivity contribution is 0.173. The lowest BCUT2D eigenvalue weighted by Crippen LogP contribution is -2.35. The average molecular weight is 550 g/mol. The van der Waals surface area contributed by atoms with E-state index in [0.29, 0.717) is 34.6 Å². The number of aromatic nitrogens is 3. The molecule has 1 aliphatic heterocycles. The lowest BCUT2D eigenvalue weighted by Gasteiger charge is -2.35. The van der Waals surface area contributed by atoms with E-state index in [9.17, 15) is 0 Å². The second-order valence-electron chi connectivity index (χ2n) is 10.7. The molecule has 0 radical (unpaired) electrons. The number of fused-ring (bicyclic) bond motifs is 1. The molecule has 0 bridgehead atoms. The number of pyridine rings is 1. The first-order valence-electron chi connectivity index (χ1n) is 14.2. The minimum absolute atomic E-state index is 0.0176. The highest BCUT2D eigenvalue weighted by atomic mass is 19.1. The van der Waals surface area contributed by atoms with E-state index < -0.39 is 11.6 Å². The van der Waals surface area contributed by atoms with E-state index in [1.54, 1.807) is 6.07 Å². The van der Waals surface area contributed by atoms with Crippen LogP contribution in [0.4, 0.5) is 14.6 Å². The summed E-state index contributed by atoms with van der Waals surface area (Å²) >= 11 is 0. The molecule has 1 aromatic carbocycles. The zero-order chi connectivity index (χ0) is 28.8. The molecule has 40 heavy (non-hydrogen) atoms. The Morgan fingerprint density at radius 3 is 2.58 bits per heavy atom. The summed E-state index contributed by atoms with van der Waals surface area (Å²) in [5, 5.41) is 3.15. The van der Waals surface area contributed by atoms with Crippen molar-refractivity contribution in [3.8, 4) is 0 Å². The summed E-state index contributed by atoms with van der Waals surface area (Å²) in [7, 11) is 0. The maximum absolute atomic E-state index is 15.1. The summed E-state index contributed by atoms with van der Waals surface area (Å²) in [6.45, 7) is 17.1. The van der Waals surface area contributed by atoms with Crippen LogP contribution in [-0.2, 0) is 0 Å². The Morgan fingerprint density at radius 2 is 1.98 bits per heavy atom. The Bertz CT molecular complexity index is 1370. The van der Waals surface area contributed by atoms with Crippen LogP contribution in [0.25, 0.3) is 11.0 Å². The van der Waals surface area contributed by atoms with E-state index in [4.69, 9.17) is 0 Å². The first kappa shape index (κ1) is 29.5. The molecule has 4 rings (SSSR count). The fraction of sp³-hybridized carbons (Fsp3) is 0.484. The number of imidazole rings is 1. The number of rotatable bonds is 11. The number of allylic oxidation sites excluding steroid dienone is 1. The van der Waals surface area contributed by atoms with Crippen LogP contribution in [0.3, 0.4) is 0 Å². The molecule has 1 saturated heterocycles. The largest absolute Gasteiger partial charge is 0.351 e. The summed E-state index contributed by atoms with van der Waals surface area (Å²) in [4.78, 5) is 19.5. The third-order valence-corrected chi connectivity index (χ3v) is 7.95. The number of hydrogen-bond acceptors (Lipinski definition) is 6. The number of piperidine rings is 1. The van der Waals surface area contributed by atoms with E-state index in [1.807, 2.05) is 37.6 Å². The number of benzene rings is 1. The molecule has 2 aromatic heterocycles. The predicted octanol–water partition coefficient (Wildman–Crippen LogP) is 7.06. The molecule has 1 aliphatic rings. The molecule has 3 aromatic rings. The maximum Gasteiger partial charge on any atom is 0.167 e. The van der Waals surface area contributed by atoms with Gasteiger partial charge in [-0.15, -0.1) is 0 Å². The molecule has 0 unspecified atom stereocenters. The smallest absolute Gasteiger partial charge is 0.167 e. The van der Waals surface area contributed by atoms with Crippen molar-refractivity contribution in [2.75, 3.05) is 31.6 Å². The van der Waals surface area contributed by atoms with Crippen LogP contribution in [0.15, 0.2) is 52.5 Å². The molecule has 1 N–H and O–H groups in total. The number of nitrogens with one attached hydrogen (secondary N) is 1. The predicted molar refractivity (Wildman–Crippen MR) is 161 cm³/mol. The first-order valence-corrected chi connectivity index (χ1v) is 14.2. The molecular weight excluding hydrogens is 508 g/mol. The van der Waals surface area contributed by atoms with Gasteiger partial charge < -0.3 is 14.8 Å². The zero-order valence-corrected chi connectivity index (χ0v) is 24.3. The summed E-state index contributed by atoms with van der Waals surface area (Å²) in [5.74, 6) is 1.26. The minimum atomic E-state index is -0.703. The number of anilines is 1. The Balaban J connectivity index is 1.53. The van der Waals surface area contributed by atoms with Gasteiger partial charge in [0.1, 0.15) is 29.5 Å². The van der Waals surface area contributed by atoms with E-state index >= 15 is 8.78 Å². The molecular formula is C31H41F2N7. The highest BCUT2D eigenvalue weighted by Gasteiger charge is 2.26. The van der Waals surface area contributed by atoms with Crippen molar-refractivity contribution in [2.45, 2.75) is 65.8 Å². The Morgan fingerprint density at radius 1 is 1.23 bits per heavy atom. The van der Waals surface area contributed by atoms with Crippen molar-refractivity contribution >= 4 is 29.3 Å². The van der Waals surface area contributed by atoms with Crippen LogP contribution < -0.4 is 5.32 Å². The molecule has 9 heteroatoms. The van der Waals surface area contributed by atoms with Crippen LogP contribution >= 0.6 is 0 Å². The van der Waals surface area contributed by atoms with E-state index in [2.05, 4.69) is 56.8 Å². The van der Waals surface area contributed by atoms with E-state index in [-0.39, 0.29) is 23.9 Å². The van der Waals surface area contributed by atoms with Gasteiger partial charge in [0.15, 0.2) is 11.6 Å². The minimum Gasteiger partial charge on any atom is -0.351 e. The number of aryl methyl sites for hydroxylation is 1. The van der Waals surface area contributed by atoms with Crippen molar-refractivity contribution < 1.29 is 8.78 Å². The van der Waals surface area contributed by atoms with Crippen molar-refractivity contribution in [3.63, 3.8) is 0 Å². The number of nitrogens with zero attached hydrogens (tertiary/aromatic N) is 6. The van der Waals surface area contributed by atoms with Crippen LogP contribution in [-0.4, -0.2) is 58.2 Å². The summed E-state index contributed by atoms with van der Waals surface area (Å²) < 4.78 is 32.1. The van der Waals surface area contributed by atoms with Crippen LogP contribution in [0.2, 0.25) is 0 Å². The number of aliphatic imine (C=N–C) groups is 2. The summed E-state index contributed by atoms with van der Waals surface area (Å²) in [6, 6.07) is 7.11. The quantitative estimate of drug-likeness (QED) is 0.260. The third-order valence-electron chi connectivity index (χ3n) is 7.95.